The zero-order valence-electron chi connectivity index (χ0n) is 14.9. The summed E-state index contributed by atoms with van der Waals surface area (Å²) in [5.74, 6) is 2.24. The Balaban J connectivity index is 1.81. The Labute approximate surface area is 139 Å². The van der Waals surface area contributed by atoms with Crippen LogP contribution in [0.25, 0.3) is 0 Å². The molecular formula is C18H30N4O. The molecule has 0 aromatic carbocycles. The fraction of sp³-hybridized carbons (Fsp3) is 0.667. The Morgan fingerprint density at radius 1 is 1.35 bits per heavy atom. The predicted octanol–water partition coefficient (Wildman–Crippen LogP) is 2.97. The number of aliphatic imine (C=N–C) groups is 1. The summed E-state index contributed by atoms with van der Waals surface area (Å²) in [5.41, 5.74) is 1.57. The fourth-order valence-electron chi connectivity index (χ4n) is 3.31. The maximum absolute atomic E-state index is 5.07. The third kappa shape index (κ3) is 5.12. The van der Waals surface area contributed by atoms with Gasteiger partial charge in [-0.2, -0.15) is 0 Å². The van der Waals surface area contributed by atoms with Crippen LogP contribution in [0.3, 0.4) is 0 Å². The molecule has 0 bridgehead atoms. The quantitative estimate of drug-likeness (QED) is 0.599. The molecule has 1 saturated carbocycles. The van der Waals surface area contributed by atoms with Crippen molar-refractivity contribution in [3.05, 3.63) is 23.9 Å². The molecule has 1 aromatic rings. The van der Waals surface area contributed by atoms with Gasteiger partial charge in [0, 0.05) is 32.4 Å². The molecule has 128 valence electrons. The Morgan fingerprint density at radius 2 is 2.13 bits per heavy atom. The molecule has 23 heavy (non-hydrogen) atoms. The molecule has 5 nitrogen and oxygen atoms in total. The number of guanidine groups is 1. The van der Waals surface area contributed by atoms with E-state index < -0.39 is 0 Å². The first-order valence-corrected chi connectivity index (χ1v) is 8.50. The molecule has 0 radical (unpaired) electrons. The van der Waals surface area contributed by atoms with E-state index in [9.17, 15) is 0 Å². The number of nitrogens with zero attached hydrogens (tertiary/aromatic N) is 2. The van der Waals surface area contributed by atoms with E-state index in [0.29, 0.717) is 17.8 Å². The molecule has 2 N–H and O–H groups in total. The van der Waals surface area contributed by atoms with Crippen molar-refractivity contribution in [1.82, 2.24) is 15.6 Å². The second-order valence-electron chi connectivity index (χ2n) is 6.94. The summed E-state index contributed by atoms with van der Waals surface area (Å²) in [4.78, 5) is 8.55. The molecule has 0 aliphatic heterocycles. The van der Waals surface area contributed by atoms with E-state index in [2.05, 4.69) is 34.5 Å². The number of rotatable bonds is 7. The summed E-state index contributed by atoms with van der Waals surface area (Å²) in [6.07, 6.45) is 7.14. The normalized spacial score (nSPS) is 16.8. The van der Waals surface area contributed by atoms with Crippen molar-refractivity contribution >= 4 is 5.96 Å². The van der Waals surface area contributed by atoms with Crippen molar-refractivity contribution in [2.45, 2.75) is 46.1 Å². The lowest BCUT2D eigenvalue weighted by Crippen LogP contribution is -2.46. The van der Waals surface area contributed by atoms with Gasteiger partial charge in [0.25, 0.3) is 0 Å². The number of methoxy groups -OCH3 is 1. The van der Waals surface area contributed by atoms with E-state index in [1.807, 2.05) is 25.4 Å². The standard InChI is InChI=1S/C18H30N4O/c1-14(2)10-18(8-5-9-18)13-22-17(19-3)21-12-15-6-7-16(23-4)20-11-15/h6-7,11,14H,5,8-10,12-13H2,1-4H3,(H2,19,21,22). The summed E-state index contributed by atoms with van der Waals surface area (Å²) < 4.78 is 5.07. The van der Waals surface area contributed by atoms with Gasteiger partial charge in [-0.1, -0.05) is 26.3 Å². The van der Waals surface area contributed by atoms with Crippen LogP contribution in [0.5, 0.6) is 5.88 Å². The average molecular weight is 318 g/mol. The minimum Gasteiger partial charge on any atom is -0.481 e. The Hall–Kier alpha value is -1.78. The third-order valence-corrected chi connectivity index (χ3v) is 4.58. The van der Waals surface area contributed by atoms with E-state index >= 15 is 0 Å². The van der Waals surface area contributed by atoms with Crippen molar-refractivity contribution in [1.29, 1.82) is 0 Å². The van der Waals surface area contributed by atoms with Crippen molar-refractivity contribution in [3.8, 4) is 5.88 Å². The highest BCUT2D eigenvalue weighted by atomic mass is 16.5. The summed E-state index contributed by atoms with van der Waals surface area (Å²) in [5, 5.41) is 6.86. The van der Waals surface area contributed by atoms with Gasteiger partial charge in [-0.3, -0.25) is 4.99 Å². The number of pyridine rings is 1. The number of aromatic nitrogens is 1. The van der Waals surface area contributed by atoms with Crippen LogP contribution in [-0.2, 0) is 6.54 Å². The maximum Gasteiger partial charge on any atom is 0.212 e. The highest BCUT2D eigenvalue weighted by Crippen LogP contribution is 2.45. The number of ether oxygens (including phenoxy) is 1. The molecule has 0 amide bonds. The largest absolute Gasteiger partial charge is 0.481 e. The molecular weight excluding hydrogens is 288 g/mol. The smallest absolute Gasteiger partial charge is 0.212 e. The second-order valence-corrected chi connectivity index (χ2v) is 6.94. The zero-order valence-corrected chi connectivity index (χ0v) is 14.9. The summed E-state index contributed by atoms with van der Waals surface area (Å²) in [7, 11) is 3.44. The molecule has 1 aliphatic rings. The lowest BCUT2D eigenvalue weighted by molar-refractivity contribution is 0.104. The minimum atomic E-state index is 0.466. The first kappa shape index (κ1) is 17.6. The summed E-state index contributed by atoms with van der Waals surface area (Å²) in [6, 6.07) is 3.89. The van der Waals surface area contributed by atoms with Crippen LogP contribution >= 0.6 is 0 Å². The zero-order chi connectivity index (χ0) is 16.7. The van der Waals surface area contributed by atoms with Gasteiger partial charge in [-0.15, -0.1) is 0 Å². The van der Waals surface area contributed by atoms with Gasteiger partial charge in [0.15, 0.2) is 5.96 Å². The summed E-state index contributed by atoms with van der Waals surface area (Å²) in [6.45, 7) is 6.33. The fourth-order valence-corrected chi connectivity index (χ4v) is 3.31. The van der Waals surface area contributed by atoms with Crippen LogP contribution in [0.15, 0.2) is 23.3 Å². The van der Waals surface area contributed by atoms with E-state index in [1.165, 1.54) is 25.7 Å². The second kappa shape index (κ2) is 8.18. The van der Waals surface area contributed by atoms with Crippen LogP contribution in [0, 0.1) is 11.3 Å². The maximum atomic E-state index is 5.07. The topological polar surface area (TPSA) is 58.5 Å². The molecule has 0 saturated heterocycles. The molecule has 1 aliphatic carbocycles. The van der Waals surface area contributed by atoms with Gasteiger partial charge in [0.05, 0.1) is 7.11 Å². The van der Waals surface area contributed by atoms with Gasteiger partial charge >= 0.3 is 0 Å². The first-order valence-electron chi connectivity index (χ1n) is 8.50. The van der Waals surface area contributed by atoms with Crippen molar-refractivity contribution in [3.63, 3.8) is 0 Å². The van der Waals surface area contributed by atoms with Gasteiger partial charge in [-0.05, 0) is 36.2 Å². The molecule has 0 atom stereocenters. The molecule has 1 aromatic heterocycles. The van der Waals surface area contributed by atoms with Crippen LogP contribution in [0.2, 0.25) is 0 Å². The average Bonchev–Trinajstić information content (AvgIpc) is 2.52. The van der Waals surface area contributed by atoms with Crippen LogP contribution < -0.4 is 15.4 Å². The third-order valence-electron chi connectivity index (χ3n) is 4.58. The van der Waals surface area contributed by atoms with Crippen molar-refractivity contribution in [2.75, 3.05) is 20.7 Å². The highest BCUT2D eigenvalue weighted by Gasteiger charge is 2.37. The highest BCUT2D eigenvalue weighted by molar-refractivity contribution is 5.79. The predicted molar refractivity (Wildman–Crippen MR) is 94.7 cm³/mol. The van der Waals surface area contributed by atoms with E-state index in [-0.39, 0.29) is 0 Å². The van der Waals surface area contributed by atoms with Crippen molar-refractivity contribution < 1.29 is 4.74 Å². The van der Waals surface area contributed by atoms with E-state index in [0.717, 1.165) is 24.0 Å². The monoisotopic (exact) mass is 318 g/mol. The Morgan fingerprint density at radius 3 is 2.61 bits per heavy atom. The van der Waals surface area contributed by atoms with Crippen molar-refractivity contribution in [2.24, 2.45) is 16.3 Å². The minimum absolute atomic E-state index is 0.466. The van der Waals surface area contributed by atoms with E-state index in [1.54, 1.807) is 7.11 Å². The molecule has 1 heterocycles. The van der Waals surface area contributed by atoms with Gasteiger partial charge in [-0.25, -0.2) is 4.98 Å². The SMILES string of the molecule is CN=C(NCc1ccc(OC)nc1)NCC1(CC(C)C)CCC1. The van der Waals surface area contributed by atoms with Gasteiger partial charge in [0.2, 0.25) is 5.88 Å². The first-order chi connectivity index (χ1) is 11.1. The Bertz CT molecular complexity index is 506. The van der Waals surface area contributed by atoms with Crippen LogP contribution in [0.4, 0.5) is 0 Å². The van der Waals surface area contributed by atoms with E-state index in [4.69, 9.17) is 4.74 Å². The number of nitrogens with one attached hydrogen (secondary N) is 2. The molecule has 2 rings (SSSR count). The summed E-state index contributed by atoms with van der Waals surface area (Å²) >= 11 is 0. The van der Waals surface area contributed by atoms with Crippen LogP contribution in [-0.4, -0.2) is 31.6 Å². The van der Waals surface area contributed by atoms with Gasteiger partial charge < -0.3 is 15.4 Å². The lowest BCUT2D eigenvalue weighted by atomic mass is 9.64. The number of hydrogen-bond donors (Lipinski definition) is 2. The Kier molecular flexibility index (Phi) is 6.25. The van der Waals surface area contributed by atoms with Gasteiger partial charge in [0.1, 0.15) is 0 Å². The molecule has 0 unspecified atom stereocenters. The number of hydrogen-bond acceptors (Lipinski definition) is 3. The molecule has 1 fully saturated rings. The lowest BCUT2D eigenvalue weighted by Gasteiger charge is -2.43. The van der Waals surface area contributed by atoms with Crippen LogP contribution in [0.1, 0.15) is 45.1 Å². The molecule has 5 heteroatoms. The molecule has 0 spiro atoms.